The van der Waals surface area contributed by atoms with Gasteiger partial charge in [0, 0.05) is 39.5 Å². The minimum absolute atomic E-state index is 0.237. The molecule has 0 spiro atoms. The maximum atomic E-state index is 12.9. The number of hydrogen-bond donors (Lipinski definition) is 0. The average Bonchev–Trinajstić information content (AvgIpc) is 2.68. The van der Waals surface area contributed by atoms with Gasteiger partial charge in [-0.05, 0) is 13.2 Å². The molecule has 0 unspecified atom stereocenters. The molecule has 1 aliphatic heterocycles. The molecule has 1 aromatic rings. The minimum Gasteiger partial charge on any atom is -0.463 e. The van der Waals surface area contributed by atoms with Crippen molar-refractivity contribution < 1.29 is 42.9 Å². The molecule has 12 nitrogen and oxygen atoms in total. The number of thioether (sulfide) groups is 1. The van der Waals surface area contributed by atoms with Crippen LogP contribution in [0.5, 0.6) is 0 Å². The van der Waals surface area contributed by atoms with Crippen LogP contribution in [0.2, 0.25) is 0 Å². The van der Waals surface area contributed by atoms with Crippen molar-refractivity contribution in [2.75, 3.05) is 12.9 Å². The van der Waals surface area contributed by atoms with Crippen molar-refractivity contribution >= 4 is 35.6 Å². The van der Waals surface area contributed by atoms with Crippen LogP contribution in [0.4, 0.5) is 0 Å². The first-order valence-electron chi connectivity index (χ1n) is 9.89. The zero-order valence-electron chi connectivity index (χ0n) is 19.1. The number of nitrogens with zero attached hydrogens (tertiary/aromatic N) is 2. The van der Waals surface area contributed by atoms with E-state index in [9.17, 15) is 24.0 Å². The molecule has 2 rings (SSSR count). The number of hydrogen-bond acceptors (Lipinski definition) is 12. The van der Waals surface area contributed by atoms with E-state index in [0.717, 1.165) is 37.1 Å². The average molecular weight is 486 g/mol. The third-order valence-electron chi connectivity index (χ3n) is 4.45. The summed E-state index contributed by atoms with van der Waals surface area (Å²) in [4.78, 5) is 64.3. The van der Waals surface area contributed by atoms with Crippen LogP contribution in [0.25, 0.3) is 0 Å². The number of aromatic nitrogens is 2. The third-order valence-corrected chi connectivity index (χ3v) is 5.10. The summed E-state index contributed by atoms with van der Waals surface area (Å²) in [7, 11) is 0. The first kappa shape index (κ1) is 26.3. The summed E-state index contributed by atoms with van der Waals surface area (Å²) in [5, 5.41) is 0.237. The molecule has 0 aliphatic carbocycles. The lowest BCUT2D eigenvalue weighted by atomic mass is 9.97. The van der Waals surface area contributed by atoms with Gasteiger partial charge in [-0.2, -0.15) is 0 Å². The topological polar surface area (TPSA) is 149 Å². The van der Waals surface area contributed by atoms with Crippen LogP contribution in [0.1, 0.15) is 39.6 Å². The summed E-state index contributed by atoms with van der Waals surface area (Å²) < 4.78 is 28.3. The lowest BCUT2D eigenvalue weighted by molar-refractivity contribution is -0.270. The van der Waals surface area contributed by atoms with E-state index in [0.29, 0.717) is 5.69 Å². The summed E-state index contributed by atoms with van der Waals surface area (Å²) in [6, 6.07) is 1.26. The molecule has 0 N–H and O–H groups in total. The Morgan fingerprint density at radius 2 is 1.52 bits per heavy atom. The van der Waals surface area contributed by atoms with Gasteiger partial charge in [0.05, 0.1) is 0 Å². The quantitative estimate of drug-likeness (QED) is 0.229. The lowest BCUT2D eigenvalue weighted by Gasteiger charge is -2.44. The molecular formula is C20H26N2O10S. The van der Waals surface area contributed by atoms with Gasteiger partial charge in [-0.25, -0.2) is 4.98 Å². The Kier molecular flexibility index (Phi) is 8.99. The van der Waals surface area contributed by atoms with Crippen molar-refractivity contribution in [2.45, 2.75) is 70.4 Å². The van der Waals surface area contributed by atoms with Gasteiger partial charge in [-0.15, -0.1) is 0 Å². The van der Waals surface area contributed by atoms with Gasteiger partial charge in [0.15, 0.2) is 29.7 Å². The van der Waals surface area contributed by atoms with Crippen molar-refractivity contribution in [3.8, 4) is 0 Å². The number of aryl methyl sites for hydroxylation is 1. The van der Waals surface area contributed by atoms with Crippen LogP contribution in [0.3, 0.4) is 0 Å². The van der Waals surface area contributed by atoms with Crippen molar-refractivity contribution in [3.05, 3.63) is 22.1 Å². The van der Waals surface area contributed by atoms with Gasteiger partial charge in [-0.3, -0.25) is 28.5 Å². The van der Waals surface area contributed by atoms with E-state index < -0.39 is 66.7 Å². The molecule has 0 aromatic carbocycles. The SMILES string of the molecule is CSc1nc(C)cc(=O)n1[C@@H]1O[C@H](COC(C)=O)[C@@H](OC(C)=O)[C@H](OC(C)=O)[C@H]1OC(C)=O. The van der Waals surface area contributed by atoms with Crippen molar-refractivity contribution in [2.24, 2.45) is 0 Å². The van der Waals surface area contributed by atoms with Gasteiger partial charge < -0.3 is 23.7 Å². The molecule has 182 valence electrons. The number of ether oxygens (including phenoxy) is 5. The zero-order chi connectivity index (χ0) is 24.9. The summed E-state index contributed by atoms with van der Waals surface area (Å²) in [5.74, 6) is -2.90. The second kappa shape index (κ2) is 11.3. The summed E-state index contributed by atoms with van der Waals surface area (Å²) in [5.41, 5.74) is -0.0704. The largest absolute Gasteiger partial charge is 0.463 e. The highest BCUT2D eigenvalue weighted by Crippen LogP contribution is 2.35. The zero-order valence-corrected chi connectivity index (χ0v) is 19.9. The van der Waals surface area contributed by atoms with Crippen LogP contribution in [-0.2, 0) is 42.9 Å². The maximum Gasteiger partial charge on any atom is 0.303 e. The highest BCUT2D eigenvalue weighted by Gasteiger charge is 2.53. The van der Waals surface area contributed by atoms with Crippen molar-refractivity contribution in [1.82, 2.24) is 9.55 Å². The molecule has 0 amide bonds. The Hall–Kier alpha value is -2.93. The third kappa shape index (κ3) is 6.78. The monoisotopic (exact) mass is 486 g/mol. The predicted octanol–water partition coefficient (Wildman–Crippen LogP) is 0.529. The molecule has 0 radical (unpaired) electrons. The van der Waals surface area contributed by atoms with Crippen LogP contribution in [0, 0.1) is 6.92 Å². The molecule has 0 saturated carbocycles. The van der Waals surface area contributed by atoms with Gasteiger partial charge in [0.25, 0.3) is 5.56 Å². The van der Waals surface area contributed by atoms with Crippen molar-refractivity contribution in [1.29, 1.82) is 0 Å². The van der Waals surface area contributed by atoms with E-state index in [1.165, 1.54) is 13.0 Å². The van der Waals surface area contributed by atoms with E-state index in [4.69, 9.17) is 23.7 Å². The fourth-order valence-corrected chi connectivity index (χ4v) is 4.00. The fraction of sp³-hybridized carbons (Fsp3) is 0.600. The Bertz CT molecular complexity index is 978. The molecule has 33 heavy (non-hydrogen) atoms. The smallest absolute Gasteiger partial charge is 0.303 e. The summed E-state index contributed by atoms with van der Waals surface area (Å²) >= 11 is 1.14. The van der Waals surface area contributed by atoms with E-state index in [2.05, 4.69) is 4.98 Å². The van der Waals surface area contributed by atoms with Crippen molar-refractivity contribution in [3.63, 3.8) is 0 Å². The molecule has 5 atom stereocenters. The Balaban J connectivity index is 2.69. The van der Waals surface area contributed by atoms with E-state index in [1.54, 1.807) is 13.2 Å². The number of rotatable bonds is 7. The Morgan fingerprint density at radius 3 is 2.03 bits per heavy atom. The molecule has 0 bridgehead atoms. The number of carbonyl (C=O) groups is 4. The second-order valence-corrected chi connectivity index (χ2v) is 7.96. The normalized spacial score (nSPS) is 24.5. The molecule has 1 saturated heterocycles. The van der Waals surface area contributed by atoms with E-state index in [-0.39, 0.29) is 5.16 Å². The highest BCUT2D eigenvalue weighted by molar-refractivity contribution is 7.98. The second-order valence-electron chi connectivity index (χ2n) is 7.18. The Labute approximate surface area is 193 Å². The molecule has 1 aromatic heterocycles. The highest BCUT2D eigenvalue weighted by atomic mass is 32.2. The minimum atomic E-state index is -1.39. The van der Waals surface area contributed by atoms with Crippen LogP contribution in [0.15, 0.2) is 16.0 Å². The van der Waals surface area contributed by atoms with Gasteiger partial charge in [0.2, 0.25) is 0 Å². The van der Waals surface area contributed by atoms with Crippen LogP contribution >= 0.6 is 11.8 Å². The molecular weight excluding hydrogens is 460 g/mol. The first-order valence-corrected chi connectivity index (χ1v) is 11.1. The summed E-state index contributed by atoms with van der Waals surface area (Å²) in [6.45, 7) is 5.79. The van der Waals surface area contributed by atoms with Gasteiger partial charge >= 0.3 is 23.9 Å². The van der Waals surface area contributed by atoms with Crippen LogP contribution in [-0.4, -0.2) is 70.7 Å². The fourth-order valence-electron chi connectivity index (χ4n) is 3.37. The maximum absolute atomic E-state index is 12.9. The number of esters is 4. The van der Waals surface area contributed by atoms with Crippen LogP contribution < -0.4 is 5.56 Å². The molecule has 2 heterocycles. The lowest BCUT2D eigenvalue weighted by Crippen LogP contribution is -2.61. The van der Waals surface area contributed by atoms with Gasteiger partial charge in [-0.1, -0.05) is 11.8 Å². The molecule has 1 aliphatic rings. The first-order chi connectivity index (χ1) is 15.4. The van der Waals surface area contributed by atoms with E-state index >= 15 is 0 Å². The molecule has 1 fully saturated rings. The van der Waals surface area contributed by atoms with E-state index in [1.807, 2.05) is 0 Å². The predicted molar refractivity (Wildman–Crippen MR) is 112 cm³/mol. The standard InChI is InChI=1S/C20H26N2O10S/c1-9-7-15(27)22(20(21-9)33-6)19-18(31-13(5)26)17(30-12(4)25)16(29-11(3)24)14(32-19)8-28-10(2)23/h7,14,16-19H,8H2,1-6H3/t14-,16-,17+,18-,19-/m1/s1. The Morgan fingerprint density at radius 1 is 0.970 bits per heavy atom. The molecule has 13 heteroatoms. The number of carbonyl (C=O) groups excluding carboxylic acids is 4. The summed E-state index contributed by atoms with van der Waals surface area (Å²) in [6.07, 6.45) is -4.90. The van der Waals surface area contributed by atoms with Gasteiger partial charge in [0.1, 0.15) is 12.7 Å².